The van der Waals surface area contributed by atoms with Gasteiger partial charge in [0.05, 0.1) is 23.7 Å². The average molecular weight is 471 g/mol. The fourth-order valence-corrected chi connectivity index (χ4v) is 2.85. The van der Waals surface area contributed by atoms with E-state index in [1.807, 2.05) is 0 Å². The molecule has 0 aliphatic rings. The summed E-state index contributed by atoms with van der Waals surface area (Å²) in [5, 5.41) is 0.584. The van der Waals surface area contributed by atoms with Crippen LogP contribution in [0.15, 0.2) is 60.8 Å². The SMILES string of the molecule is C=C(C)CC(=O)OCCOC(=O)C(C)Oc1ccc(Oc2cnc3cc(Cl)ccc3n2)cc1. The smallest absolute Gasteiger partial charge is 0.347 e. The molecule has 0 aliphatic heterocycles. The highest BCUT2D eigenvalue weighted by molar-refractivity contribution is 6.31. The molecule has 0 fully saturated rings. The third-order valence-electron chi connectivity index (χ3n) is 4.21. The molecule has 1 atom stereocenters. The van der Waals surface area contributed by atoms with Gasteiger partial charge < -0.3 is 18.9 Å². The molecule has 3 aromatic rings. The quantitative estimate of drug-likeness (QED) is 0.234. The largest absolute Gasteiger partial charge is 0.479 e. The lowest BCUT2D eigenvalue weighted by Gasteiger charge is -2.14. The normalized spacial score (nSPS) is 11.5. The predicted octanol–water partition coefficient (Wildman–Crippen LogP) is 4.90. The van der Waals surface area contributed by atoms with Gasteiger partial charge in [-0.1, -0.05) is 23.8 Å². The molecular weight excluding hydrogens is 448 g/mol. The van der Waals surface area contributed by atoms with Crippen molar-refractivity contribution in [1.29, 1.82) is 0 Å². The number of ether oxygens (including phenoxy) is 4. The number of fused-ring (bicyclic) bond motifs is 1. The standard InChI is InChI=1S/C24H23ClN2O6/c1-15(2)12-23(28)30-10-11-31-24(29)16(3)32-18-5-7-19(8-6-18)33-22-14-26-21-13-17(25)4-9-20(21)27-22/h4-9,13-14,16H,1,10-12H2,2-3H3. The molecule has 33 heavy (non-hydrogen) atoms. The third kappa shape index (κ3) is 7.47. The Bertz CT molecular complexity index is 1150. The molecule has 0 bridgehead atoms. The highest BCUT2D eigenvalue weighted by atomic mass is 35.5. The van der Waals surface area contributed by atoms with Crippen LogP contribution < -0.4 is 9.47 Å². The molecule has 9 heteroatoms. The van der Waals surface area contributed by atoms with Crippen molar-refractivity contribution in [1.82, 2.24) is 9.97 Å². The van der Waals surface area contributed by atoms with Gasteiger partial charge in [-0.25, -0.2) is 14.8 Å². The number of nitrogens with zero attached hydrogens (tertiary/aromatic N) is 2. The second kappa shape index (κ2) is 11.3. The summed E-state index contributed by atoms with van der Waals surface area (Å²) in [5.41, 5.74) is 2.03. The van der Waals surface area contributed by atoms with Crippen LogP contribution in [-0.4, -0.2) is 41.2 Å². The van der Waals surface area contributed by atoms with Crippen LogP contribution >= 0.6 is 11.6 Å². The first kappa shape index (κ1) is 24.0. The second-order valence-corrected chi connectivity index (χ2v) is 7.63. The Morgan fingerprint density at radius 2 is 1.73 bits per heavy atom. The van der Waals surface area contributed by atoms with Gasteiger partial charge in [0, 0.05) is 5.02 Å². The molecule has 2 aromatic carbocycles. The number of hydrogen-bond acceptors (Lipinski definition) is 8. The Kier molecular flexibility index (Phi) is 8.21. The van der Waals surface area contributed by atoms with Crippen molar-refractivity contribution < 1.29 is 28.5 Å². The van der Waals surface area contributed by atoms with Crippen molar-refractivity contribution in [2.75, 3.05) is 13.2 Å². The Balaban J connectivity index is 1.46. The summed E-state index contributed by atoms with van der Waals surface area (Å²) >= 11 is 5.96. The van der Waals surface area contributed by atoms with Crippen molar-refractivity contribution in [2.24, 2.45) is 0 Å². The monoisotopic (exact) mass is 470 g/mol. The summed E-state index contributed by atoms with van der Waals surface area (Å²) in [6.45, 7) is 6.85. The summed E-state index contributed by atoms with van der Waals surface area (Å²) in [5.74, 6) is 0.331. The summed E-state index contributed by atoms with van der Waals surface area (Å²) < 4.78 is 21.3. The van der Waals surface area contributed by atoms with Crippen molar-refractivity contribution in [3.05, 3.63) is 65.8 Å². The fourth-order valence-electron chi connectivity index (χ4n) is 2.69. The van der Waals surface area contributed by atoms with E-state index in [0.29, 0.717) is 39.0 Å². The van der Waals surface area contributed by atoms with Gasteiger partial charge in [-0.2, -0.15) is 0 Å². The van der Waals surface area contributed by atoms with Crippen LogP contribution in [0, 0.1) is 0 Å². The summed E-state index contributed by atoms with van der Waals surface area (Å²) in [6, 6.07) is 11.9. The van der Waals surface area contributed by atoms with Crippen LogP contribution in [0.3, 0.4) is 0 Å². The molecule has 1 aromatic heterocycles. The van der Waals surface area contributed by atoms with E-state index in [9.17, 15) is 9.59 Å². The molecule has 172 valence electrons. The molecule has 8 nitrogen and oxygen atoms in total. The van der Waals surface area contributed by atoms with Crippen LogP contribution in [0.5, 0.6) is 17.4 Å². The van der Waals surface area contributed by atoms with Gasteiger partial charge in [0.1, 0.15) is 24.7 Å². The van der Waals surface area contributed by atoms with Gasteiger partial charge in [-0.05, 0) is 56.3 Å². The number of carbonyl (C=O) groups is 2. The maximum atomic E-state index is 12.1. The highest BCUT2D eigenvalue weighted by Crippen LogP contribution is 2.25. The first-order valence-electron chi connectivity index (χ1n) is 10.1. The minimum atomic E-state index is -0.846. The highest BCUT2D eigenvalue weighted by Gasteiger charge is 2.17. The molecule has 0 N–H and O–H groups in total. The van der Waals surface area contributed by atoms with Crippen LogP contribution in [0.25, 0.3) is 11.0 Å². The Labute approximate surface area is 196 Å². The first-order chi connectivity index (χ1) is 15.8. The average Bonchev–Trinajstić information content (AvgIpc) is 2.77. The van der Waals surface area contributed by atoms with Crippen molar-refractivity contribution in [2.45, 2.75) is 26.4 Å². The lowest BCUT2D eigenvalue weighted by atomic mass is 10.2. The maximum Gasteiger partial charge on any atom is 0.347 e. The number of carbonyl (C=O) groups excluding carboxylic acids is 2. The minimum Gasteiger partial charge on any atom is -0.479 e. The molecular formula is C24H23ClN2O6. The number of hydrogen-bond donors (Lipinski definition) is 0. The molecule has 1 unspecified atom stereocenters. The number of halogens is 1. The van der Waals surface area contributed by atoms with Crippen LogP contribution in [-0.2, 0) is 19.1 Å². The molecule has 0 radical (unpaired) electrons. The number of esters is 2. The fraction of sp³-hybridized carbons (Fsp3) is 0.250. The number of benzene rings is 2. The summed E-state index contributed by atoms with van der Waals surface area (Å²) in [6.07, 6.45) is 0.799. The predicted molar refractivity (Wildman–Crippen MR) is 123 cm³/mol. The lowest BCUT2D eigenvalue weighted by molar-refractivity contribution is -0.156. The summed E-state index contributed by atoms with van der Waals surface area (Å²) in [7, 11) is 0. The molecule has 0 spiro atoms. The zero-order chi connectivity index (χ0) is 23.8. The Morgan fingerprint density at radius 3 is 2.45 bits per heavy atom. The molecule has 0 saturated carbocycles. The van der Waals surface area contributed by atoms with Gasteiger partial charge in [0.2, 0.25) is 5.88 Å². The van der Waals surface area contributed by atoms with Gasteiger partial charge in [0.15, 0.2) is 6.10 Å². The Morgan fingerprint density at radius 1 is 1.03 bits per heavy atom. The summed E-state index contributed by atoms with van der Waals surface area (Å²) in [4.78, 5) is 32.2. The molecule has 0 amide bonds. The van der Waals surface area contributed by atoms with Gasteiger partial charge >= 0.3 is 11.9 Å². The van der Waals surface area contributed by atoms with Gasteiger partial charge in [-0.3, -0.25) is 4.79 Å². The topological polar surface area (TPSA) is 96.8 Å². The van der Waals surface area contributed by atoms with E-state index in [2.05, 4.69) is 16.5 Å². The zero-order valence-electron chi connectivity index (χ0n) is 18.2. The minimum absolute atomic E-state index is 0.0265. The maximum absolute atomic E-state index is 12.1. The van der Waals surface area contributed by atoms with Gasteiger partial charge in [0.25, 0.3) is 0 Å². The van der Waals surface area contributed by atoms with E-state index >= 15 is 0 Å². The van der Waals surface area contributed by atoms with E-state index in [-0.39, 0.29) is 19.6 Å². The van der Waals surface area contributed by atoms with Crippen molar-refractivity contribution in [3.8, 4) is 17.4 Å². The zero-order valence-corrected chi connectivity index (χ0v) is 19.0. The molecule has 1 heterocycles. The number of rotatable bonds is 10. The van der Waals surface area contributed by atoms with E-state index in [1.54, 1.807) is 56.3 Å². The molecule has 0 saturated heterocycles. The lowest BCUT2D eigenvalue weighted by Crippen LogP contribution is -2.27. The first-order valence-corrected chi connectivity index (χ1v) is 10.5. The van der Waals surface area contributed by atoms with Crippen molar-refractivity contribution in [3.63, 3.8) is 0 Å². The van der Waals surface area contributed by atoms with Crippen LogP contribution in [0.4, 0.5) is 0 Å². The number of aromatic nitrogens is 2. The van der Waals surface area contributed by atoms with Crippen LogP contribution in [0.1, 0.15) is 20.3 Å². The molecule has 0 aliphatic carbocycles. The van der Waals surface area contributed by atoms with E-state index in [0.717, 1.165) is 0 Å². The van der Waals surface area contributed by atoms with Crippen LogP contribution in [0.2, 0.25) is 5.02 Å². The van der Waals surface area contributed by atoms with E-state index < -0.39 is 18.0 Å². The van der Waals surface area contributed by atoms with E-state index in [4.69, 9.17) is 30.5 Å². The van der Waals surface area contributed by atoms with E-state index in [1.165, 1.54) is 6.20 Å². The Hall–Kier alpha value is -3.65. The van der Waals surface area contributed by atoms with Gasteiger partial charge in [-0.15, -0.1) is 0 Å². The molecule has 3 rings (SSSR count). The second-order valence-electron chi connectivity index (χ2n) is 7.20. The third-order valence-corrected chi connectivity index (χ3v) is 4.45. The van der Waals surface area contributed by atoms with Crippen molar-refractivity contribution >= 4 is 34.6 Å².